The number of carbonyl (C=O) groups is 1. The zero-order valence-electron chi connectivity index (χ0n) is 15.3. The van der Waals surface area contributed by atoms with E-state index in [4.69, 9.17) is 0 Å². The van der Waals surface area contributed by atoms with Crippen LogP contribution in [0.15, 0.2) is 59.5 Å². The number of carbonyl (C=O) groups excluding carboxylic acids is 1. The predicted octanol–water partition coefficient (Wildman–Crippen LogP) is 2.85. The molecule has 1 fully saturated rings. The lowest BCUT2D eigenvalue weighted by atomic mass is 10.2. The lowest BCUT2D eigenvalue weighted by molar-refractivity contribution is -0.274. The normalized spacial score (nSPS) is 17.3. The van der Waals surface area contributed by atoms with Gasteiger partial charge >= 0.3 is 12.4 Å². The van der Waals surface area contributed by atoms with Crippen LogP contribution < -0.4 is 10.1 Å². The van der Waals surface area contributed by atoms with E-state index in [1.807, 2.05) is 18.2 Å². The number of likely N-dealkylation sites (tertiary alicyclic amines) is 1. The van der Waals surface area contributed by atoms with Crippen LogP contribution in [0.1, 0.15) is 12.0 Å². The van der Waals surface area contributed by atoms with Gasteiger partial charge in [-0.05, 0) is 36.2 Å². The molecule has 6 nitrogen and oxygen atoms in total. The highest BCUT2D eigenvalue weighted by Crippen LogP contribution is 2.24. The Bertz CT molecular complexity index is 849. The van der Waals surface area contributed by atoms with E-state index in [0.717, 1.165) is 4.90 Å². The molecule has 2 amide bonds. The number of alkyl halides is 3. The van der Waals surface area contributed by atoms with Gasteiger partial charge in [-0.3, -0.25) is 4.21 Å². The van der Waals surface area contributed by atoms with Crippen molar-refractivity contribution < 1.29 is 32.4 Å². The maximum absolute atomic E-state index is 12.6. The lowest BCUT2D eigenvalue weighted by Gasteiger charge is -2.17. The standard InChI is InChI=1S/C19H19F3N2O3S.H2O/c20-19(21,22)27-15-6-4-5-14(11-15)12-23-18(25)24-10-9-17(13-24)28(26)16-7-2-1-3-8-16;/h1-8,11,17H,9-10,12-13H2,(H,23,25);1H2. The molecule has 0 aromatic heterocycles. The first kappa shape index (κ1) is 22.7. The molecule has 29 heavy (non-hydrogen) atoms. The minimum Gasteiger partial charge on any atom is -0.412 e. The fourth-order valence-electron chi connectivity index (χ4n) is 2.98. The van der Waals surface area contributed by atoms with Crippen LogP contribution in [-0.4, -0.2) is 45.3 Å². The number of urea groups is 1. The largest absolute Gasteiger partial charge is 0.573 e. The number of benzene rings is 2. The molecule has 1 heterocycles. The third-order valence-electron chi connectivity index (χ3n) is 4.29. The first-order valence-electron chi connectivity index (χ1n) is 8.65. The van der Waals surface area contributed by atoms with Gasteiger partial charge in [0.2, 0.25) is 0 Å². The average Bonchev–Trinajstić information content (AvgIpc) is 3.15. The minimum absolute atomic E-state index is 0. The maximum Gasteiger partial charge on any atom is 0.573 e. The van der Waals surface area contributed by atoms with Crippen molar-refractivity contribution in [3.63, 3.8) is 0 Å². The fourth-order valence-corrected chi connectivity index (χ4v) is 4.42. The van der Waals surface area contributed by atoms with Gasteiger partial charge in [0.15, 0.2) is 0 Å². The summed E-state index contributed by atoms with van der Waals surface area (Å²) in [5, 5.41) is 2.54. The first-order valence-corrected chi connectivity index (χ1v) is 9.86. The van der Waals surface area contributed by atoms with E-state index in [9.17, 15) is 22.2 Å². The smallest absolute Gasteiger partial charge is 0.412 e. The van der Waals surface area contributed by atoms with Crippen molar-refractivity contribution >= 4 is 16.8 Å². The fraction of sp³-hybridized carbons (Fsp3) is 0.316. The van der Waals surface area contributed by atoms with Crippen LogP contribution >= 0.6 is 0 Å². The average molecular weight is 430 g/mol. The van der Waals surface area contributed by atoms with Crippen LogP contribution in [0.25, 0.3) is 0 Å². The van der Waals surface area contributed by atoms with Gasteiger partial charge in [0.25, 0.3) is 0 Å². The molecule has 1 saturated heterocycles. The number of nitrogens with zero attached hydrogens (tertiary/aromatic N) is 1. The summed E-state index contributed by atoms with van der Waals surface area (Å²) in [6, 6.07) is 14.2. The molecule has 2 aromatic carbocycles. The molecular formula is C19H21F3N2O4S. The summed E-state index contributed by atoms with van der Waals surface area (Å²) >= 11 is 0. The summed E-state index contributed by atoms with van der Waals surface area (Å²) in [4.78, 5) is 14.6. The van der Waals surface area contributed by atoms with Crippen molar-refractivity contribution in [1.82, 2.24) is 10.2 Å². The molecule has 158 valence electrons. The summed E-state index contributed by atoms with van der Waals surface area (Å²) in [5.74, 6) is -0.334. The SMILES string of the molecule is O.O=C(NCc1cccc(OC(F)(F)F)c1)N1CCC(S(=O)c2ccccc2)C1. The molecule has 3 rings (SSSR count). The van der Waals surface area contributed by atoms with Gasteiger partial charge in [0.05, 0.1) is 16.0 Å². The van der Waals surface area contributed by atoms with Gasteiger partial charge < -0.3 is 20.4 Å². The van der Waals surface area contributed by atoms with E-state index < -0.39 is 17.2 Å². The van der Waals surface area contributed by atoms with Gasteiger partial charge in [-0.2, -0.15) is 0 Å². The molecule has 10 heteroatoms. The van der Waals surface area contributed by atoms with Crippen LogP contribution in [0.5, 0.6) is 5.75 Å². The van der Waals surface area contributed by atoms with Crippen molar-refractivity contribution in [3.8, 4) is 5.75 Å². The van der Waals surface area contributed by atoms with Gasteiger partial charge in [0.1, 0.15) is 5.75 Å². The Kier molecular flexibility index (Phi) is 7.63. The number of halogens is 3. The Morgan fingerprint density at radius 1 is 1.17 bits per heavy atom. The third-order valence-corrected chi connectivity index (χ3v) is 6.01. The van der Waals surface area contributed by atoms with Crippen molar-refractivity contribution in [2.45, 2.75) is 29.5 Å². The van der Waals surface area contributed by atoms with Crippen molar-refractivity contribution in [2.24, 2.45) is 0 Å². The quantitative estimate of drug-likeness (QED) is 0.791. The molecular weight excluding hydrogens is 409 g/mol. The molecule has 2 unspecified atom stereocenters. The Morgan fingerprint density at radius 3 is 2.59 bits per heavy atom. The second-order valence-corrected chi connectivity index (χ2v) is 8.05. The van der Waals surface area contributed by atoms with E-state index in [1.54, 1.807) is 23.1 Å². The van der Waals surface area contributed by atoms with E-state index in [0.29, 0.717) is 25.1 Å². The van der Waals surface area contributed by atoms with Crippen LogP contribution in [0, 0.1) is 0 Å². The van der Waals surface area contributed by atoms with Crippen molar-refractivity contribution in [3.05, 3.63) is 60.2 Å². The molecule has 0 aliphatic carbocycles. The summed E-state index contributed by atoms with van der Waals surface area (Å²) in [6.45, 7) is 0.910. The molecule has 0 radical (unpaired) electrons. The lowest BCUT2D eigenvalue weighted by Crippen LogP contribution is -2.38. The number of hydrogen-bond acceptors (Lipinski definition) is 3. The molecule has 0 saturated carbocycles. The van der Waals surface area contributed by atoms with E-state index >= 15 is 0 Å². The number of rotatable bonds is 5. The van der Waals surface area contributed by atoms with Crippen LogP contribution in [0.3, 0.4) is 0 Å². The summed E-state index contributed by atoms with van der Waals surface area (Å²) in [7, 11) is -1.19. The zero-order valence-corrected chi connectivity index (χ0v) is 16.1. The number of ether oxygens (including phenoxy) is 1. The van der Waals surface area contributed by atoms with Gasteiger partial charge in [-0.25, -0.2) is 4.79 Å². The number of hydrogen-bond donors (Lipinski definition) is 1. The zero-order chi connectivity index (χ0) is 20.1. The summed E-state index contributed by atoms with van der Waals surface area (Å²) in [6.07, 6.45) is -4.13. The summed E-state index contributed by atoms with van der Waals surface area (Å²) in [5.41, 5.74) is 0.485. The van der Waals surface area contributed by atoms with Crippen LogP contribution in [-0.2, 0) is 17.3 Å². The predicted molar refractivity (Wildman–Crippen MR) is 102 cm³/mol. The van der Waals surface area contributed by atoms with Gasteiger partial charge in [-0.15, -0.1) is 13.2 Å². The summed E-state index contributed by atoms with van der Waals surface area (Å²) < 4.78 is 53.3. The van der Waals surface area contributed by atoms with E-state index in [1.165, 1.54) is 18.2 Å². The van der Waals surface area contributed by atoms with Crippen molar-refractivity contribution in [2.75, 3.05) is 13.1 Å². The topological polar surface area (TPSA) is 90.1 Å². The highest BCUT2D eigenvalue weighted by molar-refractivity contribution is 7.85. The third kappa shape index (κ3) is 6.47. The second kappa shape index (κ2) is 9.75. The Labute approximate surface area is 168 Å². The van der Waals surface area contributed by atoms with Crippen LogP contribution in [0.2, 0.25) is 0 Å². The van der Waals surface area contributed by atoms with Gasteiger partial charge in [-0.1, -0.05) is 30.3 Å². The van der Waals surface area contributed by atoms with Crippen LogP contribution in [0.4, 0.5) is 18.0 Å². The minimum atomic E-state index is -4.76. The molecule has 0 spiro atoms. The Balaban J connectivity index is 0.00000300. The first-order chi connectivity index (χ1) is 13.3. The highest BCUT2D eigenvalue weighted by Gasteiger charge is 2.32. The second-order valence-electron chi connectivity index (χ2n) is 6.32. The monoisotopic (exact) mass is 430 g/mol. The Morgan fingerprint density at radius 2 is 1.90 bits per heavy atom. The number of nitrogens with one attached hydrogen (secondary N) is 1. The molecule has 2 atom stereocenters. The van der Waals surface area contributed by atoms with E-state index in [2.05, 4.69) is 10.1 Å². The van der Waals surface area contributed by atoms with E-state index in [-0.39, 0.29) is 29.1 Å². The molecule has 2 aromatic rings. The molecule has 1 aliphatic heterocycles. The van der Waals surface area contributed by atoms with Crippen molar-refractivity contribution in [1.29, 1.82) is 0 Å². The molecule has 0 bridgehead atoms. The van der Waals surface area contributed by atoms with Gasteiger partial charge in [0, 0.05) is 24.5 Å². The molecule has 1 aliphatic rings. The highest BCUT2D eigenvalue weighted by atomic mass is 32.2. The Hall–Kier alpha value is -2.59. The maximum atomic E-state index is 12.6. The number of amides is 2. The molecule has 3 N–H and O–H groups in total.